The summed E-state index contributed by atoms with van der Waals surface area (Å²) in [5, 5.41) is 11.0. The van der Waals surface area contributed by atoms with E-state index in [1.807, 2.05) is 19.2 Å². The zero-order valence-corrected chi connectivity index (χ0v) is 10.4. The van der Waals surface area contributed by atoms with Crippen molar-refractivity contribution in [1.82, 2.24) is 0 Å². The molecule has 0 aliphatic rings. The van der Waals surface area contributed by atoms with Gasteiger partial charge in [-0.3, -0.25) is 0 Å². The summed E-state index contributed by atoms with van der Waals surface area (Å²) in [5.41, 5.74) is 4.63. The van der Waals surface area contributed by atoms with Gasteiger partial charge in [-0.1, -0.05) is 13.8 Å². The predicted molar refractivity (Wildman–Crippen MR) is 60.4 cm³/mol. The van der Waals surface area contributed by atoms with Crippen LogP contribution in [0.15, 0.2) is 15.9 Å². The van der Waals surface area contributed by atoms with Crippen molar-refractivity contribution >= 4 is 33.2 Å². The highest BCUT2D eigenvalue weighted by atomic mass is 79.9. The van der Waals surface area contributed by atoms with Crippen LogP contribution < -0.4 is 5.73 Å². The van der Waals surface area contributed by atoms with Gasteiger partial charge in [0, 0.05) is 14.7 Å². The number of carboxylic acids is 1. The van der Waals surface area contributed by atoms with Crippen LogP contribution in [0.25, 0.3) is 0 Å². The lowest BCUT2D eigenvalue weighted by Crippen LogP contribution is -2.48. The fourth-order valence-corrected chi connectivity index (χ4v) is 2.85. The highest BCUT2D eigenvalue weighted by Gasteiger charge is 2.40. The van der Waals surface area contributed by atoms with Crippen molar-refractivity contribution in [2.45, 2.75) is 19.4 Å². The Labute approximate surface area is 95.1 Å². The Bertz CT molecular complexity index is 350. The number of carboxylic acid groups (broad SMARTS) is 1. The maximum Gasteiger partial charge on any atom is 0.329 e. The lowest BCUT2D eigenvalue weighted by molar-refractivity contribution is -0.145. The minimum absolute atomic E-state index is 0.148. The second-order valence-electron chi connectivity index (χ2n) is 3.46. The summed E-state index contributed by atoms with van der Waals surface area (Å²) in [4.78, 5) is 11.8. The quantitative estimate of drug-likeness (QED) is 0.892. The number of carbonyl (C=O) groups is 1. The van der Waals surface area contributed by atoms with Gasteiger partial charge in [0.25, 0.3) is 0 Å². The zero-order chi connectivity index (χ0) is 10.9. The maximum atomic E-state index is 11.1. The number of thiophene rings is 1. The van der Waals surface area contributed by atoms with Crippen molar-refractivity contribution in [1.29, 1.82) is 0 Å². The fourth-order valence-electron chi connectivity index (χ4n) is 1.17. The third kappa shape index (κ3) is 1.85. The van der Waals surface area contributed by atoms with E-state index < -0.39 is 11.5 Å². The summed E-state index contributed by atoms with van der Waals surface area (Å²) in [6, 6.07) is 1.76. The molecule has 0 saturated carbocycles. The molecule has 3 nitrogen and oxygen atoms in total. The van der Waals surface area contributed by atoms with Gasteiger partial charge in [-0.05, 0) is 27.9 Å². The van der Waals surface area contributed by atoms with Gasteiger partial charge in [0.2, 0.25) is 0 Å². The first kappa shape index (κ1) is 11.7. The van der Waals surface area contributed by atoms with Gasteiger partial charge in [0.1, 0.15) is 0 Å². The summed E-state index contributed by atoms with van der Waals surface area (Å²) in [7, 11) is 0. The number of hydrogen-bond acceptors (Lipinski definition) is 3. The van der Waals surface area contributed by atoms with Gasteiger partial charge in [-0.25, -0.2) is 4.79 Å². The van der Waals surface area contributed by atoms with Crippen molar-refractivity contribution in [3.63, 3.8) is 0 Å². The standard InChI is InChI=1S/C9H12BrNO2S/c1-5(2)9(11,8(12)13)7-3-6(10)4-14-7/h3-5H,11H2,1-2H3,(H,12,13). The first-order valence-corrected chi connectivity index (χ1v) is 5.83. The van der Waals surface area contributed by atoms with Crippen LogP contribution >= 0.6 is 27.3 Å². The molecule has 3 N–H and O–H groups in total. The van der Waals surface area contributed by atoms with E-state index in [9.17, 15) is 4.79 Å². The number of halogens is 1. The third-order valence-electron chi connectivity index (χ3n) is 2.24. The molecule has 0 bridgehead atoms. The van der Waals surface area contributed by atoms with E-state index in [1.54, 1.807) is 6.07 Å². The summed E-state index contributed by atoms with van der Waals surface area (Å²) >= 11 is 4.65. The fraction of sp³-hybridized carbons (Fsp3) is 0.444. The third-order valence-corrected chi connectivity index (χ3v) is 4.08. The van der Waals surface area contributed by atoms with E-state index in [0.717, 1.165) is 4.47 Å². The minimum Gasteiger partial charge on any atom is -0.480 e. The van der Waals surface area contributed by atoms with Crippen molar-refractivity contribution in [3.8, 4) is 0 Å². The monoisotopic (exact) mass is 277 g/mol. The molecule has 5 heteroatoms. The van der Waals surface area contributed by atoms with Gasteiger partial charge in [0.15, 0.2) is 5.54 Å². The first-order valence-electron chi connectivity index (χ1n) is 4.15. The second kappa shape index (κ2) is 4.00. The topological polar surface area (TPSA) is 63.3 Å². The number of rotatable bonds is 3. The molecular weight excluding hydrogens is 266 g/mol. The van der Waals surface area contributed by atoms with Crippen LogP contribution in [0, 0.1) is 5.92 Å². The molecule has 1 aromatic heterocycles. The molecule has 0 radical (unpaired) electrons. The highest BCUT2D eigenvalue weighted by molar-refractivity contribution is 9.10. The van der Waals surface area contributed by atoms with Crippen LogP contribution in [-0.4, -0.2) is 11.1 Å². The molecule has 1 heterocycles. The van der Waals surface area contributed by atoms with Crippen LogP contribution in [-0.2, 0) is 10.3 Å². The molecule has 0 aliphatic carbocycles. The van der Waals surface area contributed by atoms with Crippen LogP contribution in [0.5, 0.6) is 0 Å². The van der Waals surface area contributed by atoms with E-state index >= 15 is 0 Å². The summed E-state index contributed by atoms with van der Waals surface area (Å²) < 4.78 is 0.870. The smallest absolute Gasteiger partial charge is 0.329 e. The molecule has 1 rings (SSSR count). The second-order valence-corrected chi connectivity index (χ2v) is 5.28. The molecule has 0 spiro atoms. The van der Waals surface area contributed by atoms with Crippen LogP contribution in [0.2, 0.25) is 0 Å². The van der Waals surface area contributed by atoms with E-state index in [-0.39, 0.29) is 5.92 Å². The van der Waals surface area contributed by atoms with Gasteiger partial charge in [-0.2, -0.15) is 0 Å². The molecule has 0 aromatic carbocycles. The molecule has 14 heavy (non-hydrogen) atoms. The normalized spacial score (nSPS) is 15.5. The van der Waals surface area contributed by atoms with E-state index in [4.69, 9.17) is 10.8 Å². The Hall–Kier alpha value is -0.390. The maximum absolute atomic E-state index is 11.1. The van der Waals surface area contributed by atoms with Crippen molar-refractivity contribution in [2.24, 2.45) is 11.7 Å². The summed E-state index contributed by atoms with van der Waals surface area (Å²) in [5.74, 6) is -1.13. The van der Waals surface area contributed by atoms with E-state index in [1.165, 1.54) is 11.3 Å². The summed E-state index contributed by atoms with van der Waals surface area (Å²) in [6.07, 6.45) is 0. The lowest BCUT2D eigenvalue weighted by atomic mass is 9.86. The van der Waals surface area contributed by atoms with Crippen molar-refractivity contribution < 1.29 is 9.90 Å². The van der Waals surface area contributed by atoms with Crippen molar-refractivity contribution in [3.05, 3.63) is 20.8 Å². The molecule has 1 aromatic rings. The molecule has 78 valence electrons. The Morgan fingerprint density at radius 2 is 2.29 bits per heavy atom. The van der Waals surface area contributed by atoms with Crippen molar-refractivity contribution in [2.75, 3.05) is 0 Å². The Kier molecular flexibility index (Phi) is 3.34. The Morgan fingerprint density at radius 1 is 1.71 bits per heavy atom. The van der Waals surface area contributed by atoms with Gasteiger partial charge < -0.3 is 10.8 Å². The molecule has 0 amide bonds. The molecule has 1 atom stereocenters. The molecular formula is C9H12BrNO2S. The zero-order valence-electron chi connectivity index (χ0n) is 7.95. The predicted octanol–water partition coefficient (Wildman–Crippen LogP) is 2.41. The SMILES string of the molecule is CC(C)C(N)(C(=O)O)c1cc(Br)cs1. The van der Waals surface area contributed by atoms with Gasteiger partial charge >= 0.3 is 5.97 Å². The van der Waals surface area contributed by atoms with Crippen LogP contribution in [0.1, 0.15) is 18.7 Å². The summed E-state index contributed by atoms with van der Waals surface area (Å²) in [6.45, 7) is 3.61. The van der Waals surface area contributed by atoms with Crippen LogP contribution in [0.3, 0.4) is 0 Å². The molecule has 0 fully saturated rings. The van der Waals surface area contributed by atoms with E-state index in [0.29, 0.717) is 4.88 Å². The highest BCUT2D eigenvalue weighted by Crippen LogP contribution is 2.33. The average molecular weight is 278 g/mol. The number of aliphatic carboxylic acids is 1. The Balaban J connectivity index is 3.19. The minimum atomic E-state index is -1.28. The first-order chi connectivity index (χ1) is 6.39. The van der Waals surface area contributed by atoms with Gasteiger partial charge in [-0.15, -0.1) is 11.3 Å². The van der Waals surface area contributed by atoms with E-state index in [2.05, 4.69) is 15.9 Å². The Morgan fingerprint density at radius 3 is 2.57 bits per heavy atom. The molecule has 0 aliphatic heterocycles. The average Bonchev–Trinajstić information content (AvgIpc) is 2.49. The largest absolute Gasteiger partial charge is 0.480 e. The lowest BCUT2D eigenvalue weighted by Gasteiger charge is -2.27. The van der Waals surface area contributed by atoms with Crippen LogP contribution in [0.4, 0.5) is 0 Å². The number of hydrogen-bond donors (Lipinski definition) is 2. The number of nitrogens with two attached hydrogens (primary N) is 1. The molecule has 1 unspecified atom stereocenters. The molecule has 0 saturated heterocycles. The van der Waals surface area contributed by atoms with Gasteiger partial charge in [0.05, 0.1) is 0 Å².